The van der Waals surface area contributed by atoms with Gasteiger partial charge in [-0.05, 0) is 6.92 Å². The second kappa shape index (κ2) is 2.81. The van der Waals surface area contributed by atoms with E-state index < -0.39 is 0 Å². The van der Waals surface area contributed by atoms with Crippen molar-refractivity contribution in [3.05, 3.63) is 0 Å². The van der Waals surface area contributed by atoms with Crippen molar-refractivity contribution in [2.75, 3.05) is 34.7 Å². The van der Waals surface area contributed by atoms with Crippen LogP contribution in [-0.4, -0.2) is 56.2 Å². The molecule has 1 saturated heterocycles. The van der Waals surface area contributed by atoms with Gasteiger partial charge < -0.3 is 0 Å². The Balaban J connectivity index is 2.89. The van der Waals surface area contributed by atoms with Crippen molar-refractivity contribution >= 4 is 5.96 Å². The van der Waals surface area contributed by atoms with E-state index in [0.29, 0.717) is 6.04 Å². The Hall–Kier alpha value is -0.570. The fraction of sp³-hybridized carbons (Fsp3) is 0.875. The zero-order valence-electron chi connectivity index (χ0n) is 8.18. The maximum absolute atomic E-state index is 2.34. The van der Waals surface area contributed by atoms with Crippen LogP contribution in [0.25, 0.3) is 0 Å². The van der Waals surface area contributed by atoms with Gasteiger partial charge in [0.25, 0.3) is 0 Å². The van der Waals surface area contributed by atoms with Crippen LogP contribution in [0.2, 0.25) is 0 Å². The fourth-order valence-corrected chi connectivity index (χ4v) is 1.88. The van der Waals surface area contributed by atoms with Gasteiger partial charge in [0.15, 0.2) is 0 Å². The van der Waals surface area contributed by atoms with E-state index in [-0.39, 0.29) is 0 Å². The molecular weight excluding hydrogens is 138 g/mol. The Morgan fingerprint density at radius 2 is 2.09 bits per heavy atom. The number of hydrogen-bond donors (Lipinski definition) is 1. The van der Waals surface area contributed by atoms with Gasteiger partial charge in [-0.3, -0.25) is 0 Å². The largest absolute Gasteiger partial charge is 0.444 e. The smallest absolute Gasteiger partial charge is 0.230 e. The Morgan fingerprint density at radius 3 is 2.27 bits per heavy atom. The maximum Gasteiger partial charge on any atom is 0.444 e. The van der Waals surface area contributed by atoms with Crippen LogP contribution in [0.5, 0.6) is 0 Å². The normalized spacial score (nSPS) is 31.4. The lowest BCUT2D eigenvalue weighted by molar-refractivity contribution is -0.803. The number of nitrogens with one attached hydrogen (secondary N) is 1. The predicted octanol–water partition coefficient (Wildman–Crippen LogP) is -1.54. The molecule has 0 radical (unpaired) electrons. The van der Waals surface area contributed by atoms with E-state index in [9.17, 15) is 0 Å². The summed E-state index contributed by atoms with van der Waals surface area (Å²) < 4.78 is 2.19. The molecule has 11 heavy (non-hydrogen) atoms. The fourth-order valence-electron chi connectivity index (χ4n) is 1.88. The highest BCUT2D eigenvalue weighted by Crippen LogP contribution is 1.96. The lowest BCUT2D eigenvalue weighted by atomic mass is 10.3. The molecule has 0 aromatic heterocycles. The van der Waals surface area contributed by atoms with E-state index in [2.05, 4.69) is 44.6 Å². The average molecular weight is 157 g/mol. The van der Waals surface area contributed by atoms with Crippen molar-refractivity contribution in [1.82, 2.24) is 4.90 Å². The predicted molar refractivity (Wildman–Crippen MR) is 46.1 cm³/mol. The molecule has 0 spiro atoms. The molecular formula is C8H19N3+2. The molecule has 1 rings (SSSR count). The van der Waals surface area contributed by atoms with E-state index in [4.69, 9.17) is 0 Å². The van der Waals surface area contributed by atoms with Crippen LogP contribution in [0.15, 0.2) is 0 Å². The van der Waals surface area contributed by atoms with Gasteiger partial charge >= 0.3 is 5.96 Å². The summed E-state index contributed by atoms with van der Waals surface area (Å²) in [5.74, 6) is 1.39. The van der Waals surface area contributed by atoms with Gasteiger partial charge in [-0.25, -0.2) is 14.4 Å². The summed E-state index contributed by atoms with van der Waals surface area (Å²) >= 11 is 0. The molecule has 1 heterocycles. The van der Waals surface area contributed by atoms with Crippen LogP contribution in [-0.2, 0) is 0 Å². The molecule has 1 N–H and O–H groups in total. The molecule has 0 bridgehead atoms. The Bertz CT molecular complexity index is 182. The third kappa shape index (κ3) is 1.38. The number of guanidine groups is 1. The first-order chi connectivity index (χ1) is 5.04. The molecule has 3 nitrogen and oxygen atoms in total. The quantitative estimate of drug-likeness (QED) is 0.420. The summed E-state index contributed by atoms with van der Waals surface area (Å²) in [7, 11) is 8.59. The minimum Gasteiger partial charge on any atom is -0.230 e. The number of hydrogen-bond acceptors (Lipinski definition) is 0. The van der Waals surface area contributed by atoms with Crippen molar-refractivity contribution in [2.24, 2.45) is 0 Å². The molecule has 2 unspecified atom stereocenters. The van der Waals surface area contributed by atoms with Crippen LogP contribution in [0.3, 0.4) is 0 Å². The van der Waals surface area contributed by atoms with Gasteiger partial charge in [0.1, 0.15) is 12.6 Å². The second-order valence-corrected chi connectivity index (χ2v) is 3.66. The molecule has 2 atom stereocenters. The minimum atomic E-state index is 0.674. The maximum atomic E-state index is 2.34. The summed E-state index contributed by atoms with van der Waals surface area (Å²) in [5.41, 5.74) is 0. The Morgan fingerprint density at radius 1 is 1.55 bits per heavy atom. The van der Waals surface area contributed by atoms with Gasteiger partial charge in [-0.15, -0.1) is 0 Å². The third-order valence-electron chi connectivity index (χ3n) is 2.40. The van der Waals surface area contributed by atoms with Crippen molar-refractivity contribution in [2.45, 2.75) is 13.0 Å². The summed E-state index contributed by atoms with van der Waals surface area (Å²) in [6, 6.07) is 0.674. The number of quaternary nitrogens is 1. The molecule has 3 heteroatoms. The minimum absolute atomic E-state index is 0.674. The monoisotopic (exact) mass is 157 g/mol. The standard InChI is InChI=1S/C8H18N3/c1-7-6-10(4)8(9(2)3)11(7)5/h7H,6H2,1-5H3/q+1/p+1. The summed E-state index contributed by atoms with van der Waals surface area (Å²) in [6.07, 6.45) is 0. The van der Waals surface area contributed by atoms with E-state index in [1.165, 1.54) is 17.4 Å². The van der Waals surface area contributed by atoms with Crippen LogP contribution in [0, 0.1) is 0 Å². The average Bonchev–Trinajstić information content (AvgIpc) is 2.07. The third-order valence-corrected chi connectivity index (χ3v) is 2.40. The highest BCUT2D eigenvalue weighted by atomic mass is 15.4. The van der Waals surface area contributed by atoms with Crippen LogP contribution < -0.4 is 4.90 Å². The number of nitrogens with zero attached hydrogens (tertiary/aromatic N) is 2. The Labute approximate surface area is 68.9 Å². The van der Waals surface area contributed by atoms with Gasteiger partial charge in [0.05, 0.1) is 28.2 Å². The van der Waals surface area contributed by atoms with E-state index in [1.807, 2.05) is 0 Å². The SMILES string of the molecule is CC1C[NH+](C)C(=[N+](C)C)N1C. The highest BCUT2D eigenvalue weighted by Gasteiger charge is 2.40. The lowest BCUT2D eigenvalue weighted by Gasteiger charge is -2.06. The molecule has 0 aromatic carbocycles. The van der Waals surface area contributed by atoms with Gasteiger partial charge in [0.2, 0.25) is 0 Å². The topological polar surface area (TPSA) is 10.7 Å². The zero-order chi connectivity index (χ0) is 8.59. The van der Waals surface area contributed by atoms with Crippen LogP contribution >= 0.6 is 0 Å². The molecule has 64 valence electrons. The van der Waals surface area contributed by atoms with Crippen molar-refractivity contribution < 1.29 is 9.48 Å². The van der Waals surface area contributed by atoms with Crippen LogP contribution in [0.4, 0.5) is 0 Å². The van der Waals surface area contributed by atoms with Gasteiger partial charge in [0, 0.05) is 0 Å². The number of rotatable bonds is 0. The van der Waals surface area contributed by atoms with Gasteiger partial charge in [-0.2, -0.15) is 0 Å². The molecule has 0 amide bonds. The first-order valence-corrected chi connectivity index (χ1v) is 4.14. The Kier molecular flexibility index (Phi) is 2.18. The highest BCUT2D eigenvalue weighted by molar-refractivity contribution is 5.67. The summed E-state index contributed by atoms with van der Waals surface area (Å²) in [5, 5.41) is 0. The first kappa shape index (κ1) is 8.53. The first-order valence-electron chi connectivity index (χ1n) is 4.14. The summed E-state index contributed by atoms with van der Waals surface area (Å²) in [6.45, 7) is 3.48. The zero-order valence-corrected chi connectivity index (χ0v) is 8.18. The van der Waals surface area contributed by atoms with Gasteiger partial charge in [-0.1, -0.05) is 0 Å². The molecule has 0 aromatic rings. The molecule has 1 aliphatic rings. The summed E-state index contributed by atoms with van der Waals surface area (Å²) in [4.78, 5) is 3.85. The van der Waals surface area contributed by atoms with Crippen molar-refractivity contribution in [1.29, 1.82) is 0 Å². The van der Waals surface area contributed by atoms with Crippen LogP contribution in [0.1, 0.15) is 6.92 Å². The lowest BCUT2D eigenvalue weighted by Crippen LogP contribution is -3.11. The number of likely N-dealkylation sites (N-methyl/N-ethyl adjacent to an activating group) is 2. The van der Waals surface area contributed by atoms with E-state index >= 15 is 0 Å². The molecule has 1 fully saturated rings. The molecule has 0 saturated carbocycles. The van der Waals surface area contributed by atoms with Crippen molar-refractivity contribution in [3.63, 3.8) is 0 Å². The van der Waals surface area contributed by atoms with E-state index in [0.717, 1.165) is 0 Å². The molecule has 1 aliphatic heterocycles. The van der Waals surface area contributed by atoms with E-state index in [1.54, 1.807) is 0 Å². The van der Waals surface area contributed by atoms with Crippen molar-refractivity contribution in [3.8, 4) is 0 Å². The molecule has 0 aliphatic carbocycles. The second-order valence-electron chi connectivity index (χ2n) is 3.66.